The minimum atomic E-state index is -0.941. The molecule has 13 heteroatoms. The van der Waals surface area contributed by atoms with Crippen molar-refractivity contribution in [3.05, 3.63) is 12.7 Å². The van der Waals surface area contributed by atoms with Gasteiger partial charge in [0.05, 0.1) is 0 Å². The quantitative estimate of drug-likeness (QED) is 0.0618. The lowest BCUT2D eigenvalue weighted by molar-refractivity contribution is -0.144. The van der Waals surface area contributed by atoms with Gasteiger partial charge in [-0.15, -0.1) is 0 Å². The SMILES string of the molecule is C=CC(C)=O.CC(=O)CCNCCC[Si](C)(C)C.C[Si](C)(C)CCCN.C[Si](C)(C)CCCNCCC(=O)N1CCCCCC1=O.O=C1CCCCCN1. The normalized spacial score (nSPS) is 14.8. The summed E-state index contributed by atoms with van der Waals surface area (Å²) in [7, 11) is -2.54. The van der Waals surface area contributed by atoms with Gasteiger partial charge in [0.2, 0.25) is 17.7 Å². The number of ketones is 2. The number of imide groups is 1. The summed E-state index contributed by atoms with van der Waals surface area (Å²) in [6.07, 6.45) is 13.7. The van der Waals surface area contributed by atoms with Crippen molar-refractivity contribution in [2.45, 2.75) is 174 Å². The van der Waals surface area contributed by atoms with Crippen LogP contribution in [0.15, 0.2) is 12.7 Å². The molecule has 2 aliphatic rings. The number of carbonyl (C=O) groups excluding carboxylic acids is 5. The smallest absolute Gasteiger partial charge is 0.230 e. The van der Waals surface area contributed by atoms with Crippen molar-refractivity contribution < 1.29 is 24.0 Å². The first kappa shape index (κ1) is 56.6. The maximum Gasteiger partial charge on any atom is 0.230 e. The molecule has 2 rings (SSSR count). The highest BCUT2D eigenvalue weighted by Crippen LogP contribution is 2.13. The number of nitrogens with zero attached hydrogens (tertiary/aromatic N) is 1. The molecule has 3 amide bonds. The second kappa shape index (κ2) is 34.5. The van der Waals surface area contributed by atoms with E-state index in [-0.39, 0.29) is 29.3 Å². The van der Waals surface area contributed by atoms with Gasteiger partial charge >= 0.3 is 0 Å². The zero-order chi connectivity index (χ0) is 42.1. The van der Waals surface area contributed by atoms with Crippen LogP contribution in [0.3, 0.4) is 0 Å². The van der Waals surface area contributed by atoms with Gasteiger partial charge < -0.3 is 21.7 Å². The molecule has 0 radical (unpaired) electrons. The van der Waals surface area contributed by atoms with Crippen LogP contribution in [0.2, 0.25) is 77.1 Å². The zero-order valence-corrected chi connectivity index (χ0v) is 40.1. The molecule has 54 heavy (non-hydrogen) atoms. The Kier molecular flexibility index (Phi) is 36.1. The van der Waals surface area contributed by atoms with Crippen LogP contribution in [0.5, 0.6) is 0 Å². The Hall–Kier alpha value is -1.78. The minimum absolute atomic E-state index is 0.00500. The molecule has 0 saturated carbocycles. The third-order valence-electron chi connectivity index (χ3n) is 8.43. The highest BCUT2D eigenvalue weighted by Gasteiger charge is 2.22. The molecule has 10 nitrogen and oxygen atoms in total. The van der Waals surface area contributed by atoms with E-state index < -0.39 is 24.2 Å². The number of rotatable bonds is 18. The van der Waals surface area contributed by atoms with Crippen LogP contribution in [-0.4, -0.2) is 104 Å². The van der Waals surface area contributed by atoms with Crippen LogP contribution >= 0.6 is 0 Å². The second-order valence-corrected chi connectivity index (χ2v) is 35.1. The highest BCUT2D eigenvalue weighted by atomic mass is 28.3. The van der Waals surface area contributed by atoms with Crippen molar-refractivity contribution >= 4 is 53.5 Å². The van der Waals surface area contributed by atoms with Gasteiger partial charge in [-0.3, -0.25) is 28.9 Å². The van der Waals surface area contributed by atoms with Gasteiger partial charge in [0, 0.05) is 76.1 Å². The molecule has 0 unspecified atom stereocenters. The topological polar surface area (TPSA) is 151 Å². The van der Waals surface area contributed by atoms with Crippen molar-refractivity contribution in [2.24, 2.45) is 5.73 Å². The Morgan fingerprint density at radius 3 is 1.61 bits per heavy atom. The molecule has 0 aromatic carbocycles. The van der Waals surface area contributed by atoms with Crippen molar-refractivity contribution in [2.75, 3.05) is 45.8 Å². The van der Waals surface area contributed by atoms with Crippen molar-refractivity contribution in [1.82, 2.24) is 20.9 Å². The van der Waals surface area contributed by atoms with E-state index in [1.54, 1.807) is 6.92 Å². The highest BCUT2D eigenvalue weighted by molar-refractivity contribution is 6.76. The lowest BCUT2D eigenvalue weighted by atomic mass is 10.2. The maximum atomic E-state index is 12.0. The summed E-state index contributed by atoms with van der Waals surface area (Å²) in [5, 5.41) is 9.42. The first-order valence-corrected chi connectivity index (χ1v) is 32.0. The van der Waals surface area contributed by atoms with E-state index >= 15 is 0 Å². The van der Waals surface area contributed by atoms with E-state index in [1.165, 1.54) is 61.7 Å². The number of allylic oxidation sites excluding steroid dienone is 1. The Bertz CT molecular complexity index is 1010. The fraction of sp³-hybridized carbons (Fsp3) is 0.829. The molecule has 0 aromatic heterocycles. The third-order valence-corrected chi connectivity index (χ3v) is 14.0. The van der Waals surface area contributed by atoms with Gasteiger partial charge in [-0.05, 0) is 84.5 Å². The van der Waals surface area contributed by atoms with Crippen LogP contribution in [0.25, 0.3) is 0 Å². The summed E-state index contributed by atoms with van der Waals surface area (Å²) < 4.78 is 0. The largest absolute Gasteiger partial charge is 0.356 e. The molecule has 0 atom stereocenters. The van der Waals surface area contributed by atoms with Gasteiger partial charge in [0.25, 0.3) is 0 Å². The summed E-state index contributed by atoms with van der Waals surface area (Å²) in [4.78, 5) is 56.2. The van der Waals surface area contributed by atoms with E-state index in [0.717, 1.165) is 71.2 Å². The summed E-state index contributed by atoms with van der Waals surface area (Å²) in [5.41, 5.74) is 5.36. The van der Waals surface area contributed by atoms with E-state index in [4.69, 9.17) is 5.73 Å². The van der Waals surface area contributed by atoms with Crippen LogP contribution in [0.1, 0.15) is 97.3 Å². The van der Waals surface area contributed by atoms with Crippen LogP contribution in [-0.2, 0) is 24.0 Å². The molecule has 5 N–H and O–H groups in total. The Balaban J connectivity index is -0.000000657. The number of hydrogen-bond donors (Lipinski definition) is 4. The molecular formula is C41H87N5O5Si3. The third kappa shape index (κ3) is 48.2. The van der Waals surface area contributed by atoms with Crippen LogP contribution < -0.4 is 21.7 Å². The fourth-order valence-corrected chi connectivity index (χ4v) is 8.85. The standard InChI is InChI=1S/C15H30N2O2Si.C10H23NOSi.C6H11NO.C6H17NSi.C4H6O/c1-20(2,3)13-7-10-16-11-9-15(19)17-12-6-4-5-8-14(17)18;1-10(12)6-8-11-7-5-9-13(2,3)4;8-6-4-2-1-3-5-7-6;1-8(2,3)6-4-5-7;1-3-4(2)5/h16H,4-13H2,1-3H3;11H,5-9H2,1-4H3;1-5H2,(H,7,8);4-7H2,1-3H3;3H,1H2,2H3. The molecular weight excluding hydrogens is 727 g/mol. The molecule has 2 fully saturated rings. The zero-order valence-electron chi connectivity index (χ0n) is 37.1. The number of Topliss-reactive ketones (excluding diaryl/α,β-unsaturated/α-hetero) is 1. The second-order valence-electron chi connectivity index (χ2n) is 18.2. The van der Waals surface area contributed by atoms with Gasteiger partial charge in [0.1, 0.15) is 5.78 Å². The fourth-order valence-electron chi connectivity index (χ4n) is 5.11. The molecule has 0 aromatic rings. The number of nitrogens with one attached hydrogen (secondary N) is 3. The van der Waals surface area contributed by atoms with Crippen LogP contribution in [0, 0.1) is 0 Å². The molecule has 2 heterocycles. The van der Waals surface area contributed by atoms with Crippen molar-refractivity contribution in [3.63, 3.8) is 0 Å². The number of nitrogens with two attached hydrogens (primary N) is 1. The molecule has 2 aliphatic heterocycles. The van der Waals surface area contributed by atoms with E-state index in [9.17, 15) is 24.0 Å². The van der Waals surface area contributed by atoms with Gasteiger partial charge in [0.15, 0.2) is 5.78 Å². The van der Waals surface area contributed by atoms with Crippen molar-refractivity contribution in [1.29, 1.82) is 0 Å². The van der Waals surface area contributed by atoms with Crippen molar-refractivity contribution in [3.8, 4) is 0 Å². The summed E-state index contributed by atoms with van der Waals surface area (Å²) in [6.45, 7) is 33.7. The summed E-state index contributed by atoms with van der Waals surface area (Å²) >= 11 is 0. The van der Waals surface area contributed by atoms with Gasteiger partial charge in [-0.1, -0.05) is 96.5 Å². The first-order chi connectivity index (χ1) is 25.0. The Morgan fingerprint density at radius 2 is 1.17 bits per heavy atom. The minimum Gasteiger partial charge on any atom is -0.356 e. The molecule has 0 aliphatic carbocycles. The number of carbonyl (C=O) groups is 5. The average molecular weight is 814 g/mol. The monoisotopic (exact) mass is 814 g/mol. The maximum absolute atomic E-state index is 12.0. The Morgan fingerprint density at radius 1 is 0.704 bits per heavy atom. The average Bonchev–Trinajstić information content (AvgIpc) is 3.44. The molecule has 2 saturated heterocycles. The van der Waals surface area contributed by atoms with Gasteiger partial charge in [-0.2, -0.15) is 0 Å². The molecule has 0 bridgehead atoms. The number of likely N-dealkylation sites (tertiary alicyclic amines) is 1. The van der Waals surface area contributed by atoms with Gasteiger partial charge in [-0.25, -0.2) is 0 Å². The van der Waals surface area contributed by atoms with E-state index in [2.05, 4.69) is 81.5 Å². The predicted octanol–water partition coefficient (Wildman–Crippen LogP) is 8.02. The Labute approximate surface area is 335 Å². The predicted molar refractivity (Wildman–Crippen MR) is 241 cm³/mol. The lowest BCUT2D eigenvalue weighted by Gasteiger charge is -2.19. The van der Waals surface area contributed by atoms with E-state index in [1.807, 2.05) is 0 Å². The van der Waals surface area contributed by atoms with Crippen LogP contribution in [0.4, 0.5) is 0 Å². The van der Waals surface area contributed by atoms with E-state index in [0.29, 0.717) is 32.4 Å². The molecule has 318 valence electrons. The lowest BCUT2D eigenvalue weighted by Crippen LogP contribution is -2.38. The number of hydrogen-bond acceptors (Lipinski definition) is 8. The molecule has 0 spiro atoms. The summed E-state index contributed by atoms with van der Waals surface area (Å²) in [6, 6.07) is 4.07. The summed E-state index contributed by atoms with van der Waals surface area (Å²) in [5.74, 6) is 0.533. The first-order valence-electron chi connectivity index (χ1n) is 20.9. The number of amides is 3.